The van der Waals surface area contributed by atoms with Crippen LogP contribution in [0.15, 0.2) is 48.8 Å². The summed E-state index contributed by atoms with van der Waals surface area (Å²) in [6.07, 6.45) is 6.81. The zero-order valence-corrected chi connectivity index (χ0v) is 11.3. The van der Waals surface area contributed by atoms with Gasteiger partial charge in [-0.3, -0.25) is 0 Å². The van der Waals surface area contributed by atoms with E-state index in [2.05, 4.69) is 53.5 Å². The molecule has 1 N–H and O–H groups in total. The first kappa shape index (κ1) is 12.3. The first-order valence-corrected chi connectivity index (χ1v) is 6.96. The Labute approximate surface area is 114 Å². The topological polar surface area (TPSA) is 26.2 Å². The van der Waals surface area contributed by atoms with Gasteiger partial charge < -0.3 is 14.6 Å². The summed E-state index contributed by atoms with van der Waals surface area (Å²) in [6, 6.07) is 13.2. The van der Waals surface area contributed by atoms with Gasteiger partial charge in [0.15, 0.2) is 0 Å². The van der Waals surface area contributed by atoms with Crippen LogP contribution in [0.25, 0.3) is 5.69 Å². The average molecular weight is 256 g/mol. The lowest BCUT2D eigenvalue weighted by Gasteiger charge is -2.36. The molecule has 1 fully saturated rings. The van der Waals surface area contributed by atoms with Gasteiger partial charge in [-0.1, -0.05) is 6.07 Å². The number of ether oxygens (including phenoxy) is 1. The first-order chi connectivity index (χ1) is 9.35. The molecular weight excluding hydrogens is 236 g/mol. The predicted octanol–water partition coefficient (Wildman–Crippen LogP) is 3.46. The number of nitrogens with zero attached hydrogens (tertiary/aromatic N) is 1. The molecule has 3 nitrogen and oxygen atoms in total. The second-order valence-corrected chi connectivity index (χ2v) is 5.03. The molecule has 0 aliphatic heterocycles. The molecule has 0 amide bonds. The zero-order chi connectivity index (χ0) is 13.1. The average Bonchev–Trinajstić information content (AvgIpc) is 2.91. The van der Waals surface area contributed by atoms with E-state index in [0.717, 1.165) is 19.4 Å². The van der Waals surface area contributed by atoms with E-state index in [1.807, 2.05) is 12.1 Å². The number of hydrogen-bond acceptors (Lipinski definition) is 2. The van der Waals surface area contributed by atoms with E-state index in [-0.39, 0.29) is 0 Å². The largest absolute Gasteiger partial charge is 0.382 e. The lowest BCUT2D eigenvalue weighted by molar-refractivity contribution is 0.00299. The van der Waals surface area contributed by atoms with Gasteiger partial charge in [0.25, 0.3) is 0 Å². The maximum Gasteiger partial charge on any atom is 0.0614 e. The van der Waals surface area contributed by atoms with Crippen LogP contribution in [0.2, 0.25) is 0 Å². The molecule has 0 bridgehead atoms. The summed E-state index contributed by atoms with van der Waals surface area (Å²) in [7, 11) is 0. The number of anilines is 1. The van der Waals surface area contributed by atoms with Crippen molar-refractivity contribution >= 4 is 5.69 Å². The van der Waals surface area contributed by atoms with Gasteiger partial charge >= 0.3 is 0 Å². The highest BCUT2D eigenvalue weighted by atomic mass is 16.5. The lowest BCUT2D eigenvalue weighted by Crippen LogP contribution is -2.40. The zero-order valence-electron chi connectivity index (χ0n) is 11.3. The normalized spacial score (nSPS) is 21.9. The predicted molar refractivity (Wildman–Crippen MR) is 77.8 cm³/mol. The third-order valence-corrected chi connectivity index (χ3v) is 3.62. The van der Waals surface area contributed by atoms with Crippen molar-refractivity contribution in [3.63, 3.8) is 0 Å². The van der Waals surface area contributed by atoms with E-state index in [0.29, 0.717) is 12.1 Å². The van der Waals surface area contributed by atoms with Crippen molar-refractivity contribution < 1.29 is 4.74 Å². The second-order valence-electron chi connectivity index (χ2n) is 5.03. The highest BCUT2D eigenvalue weighted by Crippen LogP contribution is 2.27. The van der Waals surface area contributed by atoms with E-state index in [4.69, 9.17) is 4.74 Å². The summed E-state index contributed by atoms with van der Waals surface area (Å²) in [5.41, 5.74) is 2.38. The Kier molecular flexibility index (Phi) is 3.56. The number of aromatic nitrogens is 1. The van der Waals surface area contributed by atoms with Crippen molar-refractivity contribution in [3.05, 3.63) is 48.8 Å². The van der Waals surface area contributed by atoms with Crippen LogP contribution in [0, 0.1) is 0 Å². The summed E-state index contributed by atoms with van der Waals surface area (Å²) in [4.78, 5) is 0. The Bertz CT molecular complexity index is 515. The van der Waals surface area contributed by atoms with Gasteiger partial charge in [0, 0.05) is 36.4 Å². The van der Waals surface area contributed by atoms with Crippen molar-refractivity contribution in [1.29, 1.82) is 0 Å². The summed E-state index contributed by atoms with van der Waals surface area (Å²) >= 11 is 0. The summed E-state index contributed by atoms with van der Waals surface area (Å²) < 4.78 is 7.70. The standard InChI is InChI=1S/C16H20N2O/c1-2-19-16-11-14(12-16)17-13-6-5-7-15(10-13)18-8-3-4-9-18/h3-10,14,16-17H,2,11-12H2,1H3. The van der Waals surface area contributed by atoms with Gasteiger partial charge in [-0.05, 0) is 50.1 Å². The fourth-order valence-corrected chi connectivity index (χ4v) is 2.55. The molecular formula is C16H20N2O. The molecule has 1 aliphatic carbocycles. The molecule has 1 saturated carbocycles. The minimum atomic E-state index is 0.454. The van der Waals surface area contributed by atoms with Crippen LogP contribution in [0.4, 0.5) is 5.69 Å². The van der Waals surface area contributed by atoms with Crippen LogP contribution in [-0.4, -0.2) is 23.3 Å². The fraction of sp³-hybridized carbons (Fsp3) is 0.375. The molecule has 0 saturated heterocycles. The highest BCUT2D eigenvalue weighted by molar-refractivity contribution is 5.52. The SMILES string of the molecule is CCOC1CC(Nc2cccc(-n3cccc3)c2)C1. The van der Waals surface area contributed by atoms with Crippen molar-refractivity contribution in [1.82, 2.24) is 4.57 Å². The number of hydrogen-bond donors (Lipinski definition) is 1. The number of nitrogens with one attached hydrogen (secondary N) is 1. The van der Waals surface area contributed by atoms with Gasteiger partial charge in [0.05, 0.1) is 6.10 Å². The molecule has 19 heavy (non-hydrogen) atoms. The highest BCUT2D eigenvalue weighted by Gasteiger charge is 2.29. The van der Waals surface area contributed by atoms with Crippen LogP contribution in [0.3, 0.4) is 0 Å². The van der Waals surface area contributed by atoms with Gasteiger partial charge in [0.1, 0.15) is 0 Å². The molecule has 3 rings (SSSR count). The maximum atomic E-state index is 5.58. The third-order valence-electron chi connectivity index (χ3n) is 3.62. The Morgan fingerprint density at radius 3 is 2.74 bits per heavy atom. The first-order valence-electron chi connectivity index (χ1n) is 6.96. The molecule has 0 unspecified atom stereocenters. The van der Waals surface area contributed by atoms with Crippen LogP contribution in [0.5, 0.6) is 0 Å². The summed E-state index contributed by atoms with van der Waals surface area (Å²) in [5, 5.41) is 3.58. The number of rotatable bonds is 5. The van der Waals surface area contributed by atoms with Crippen molar-refractivity contribution in [3.8, 4) is 5.69 Å². The molecule has 3 heteroatoms. The molecule has 1 heterocycles. The Balaban J connectivity index is 1.62. The molecule has 0 atom stereocenters. The Hall–Kier alpha value is -1.74. The number of benzene rings is 1. The van der Waals surface area contributed by atoms with Crippen LogP contribution in [0.1, 0.15) is 19.8 Å². The van der Waals surface area contributed by atoms with Gasteiger partial charge in [-0.2, -0.15) is 0 Å². The molecule has 1 aromatic heterocycles. The Morgan fingerprint density at radius 1 is 1.21 bits per heavy atom. The molecule has 1 aliphatic rings. The van der Waals surface area contributed by atoms with Crippen LogP contribution < -0.4 is 5.32 Å². The van der Waals surface area contributed by atoms with E-state index in [1.54, 1.807) is 0 Å². The smallest absolute Gasteiger partial charge is 0.0614 e. The molecule has 0 radical (unpaired) electrons. The third kappa shape index (κ3) is 2.82. The molecule has 100 valence electrons. The van der Waals surface area contributed by atoms with Crippen molar-refractivity contribution in [2.45, 2.75) is 31.9 Å². The molecule has 1 aromatic carbocycles. The van der Waals surface area contributed by atoms with Gasteiger partial charge in [-0.25, -0.2) is 0 Å². The van der Waals surface area contributed by atoms with Gasteiger partial charge in [0.2, 0.25) is 0 Å². The molecule has 0 spiro atoms. The van der Waals surface area contributed by atoms with Crippen molar-refractivity contribution in [2.75, 3.05) is 11.9 Å². The summed E-state index contributed by atoms with van der Waals surface area (Å²) in [6.45, 7) is 2.88. The lowest BCUT2D eigenvalue weighted by atomic mass is 9.89. The Morgan fingerprint density at radius 2 is 2.00 bits per heavy atom. The van der Waals surface area contributed by atoms with E-state index in [1.165, 1.54) is 11.4 Å². The second kappa shape index (κ2) is 5.49. The minimum Gasteiger partial charge on any atom is -0.382 e. The minimum absolute atomic E-state index is 0.454. The quantitative estimate of drug-likeness (QED) is 0.886. The maximum absolute atomic E-state index is 5.58. The van der Waals surface area contributed by atoms with Gasteiger partial charge in [-0.15, -0.1) is 0 Å². The molecule has 2 aromatic rings. The monoisotopic (exact) mass is 256 g/mol. The van der Waals surface area contributed by atoms with E-state index < -0.39 is 0 Å². The summed E-state index contributed by atoms with van der Waals surface area (Å²) in [5.74, 6) is 0. The fourth-order valence-electron chi connectivity index (χ4n) is 2.55. The van der Waals surface area contributed by atoms with E-state index in [9.17, 15) is 0 Å². The van der Waals surface area contributed by atoms with Crippen LogP contribution in [-0.2, 0) is 4.74 Å². The van der Waals surface area contributed by atoms with Crippen LogP contribution >= 0.6 is 0 Å². The van der Waals surface area contributed by atoms with Crippen molar-refractivity contribution in [2.24, 2.45) is 0 Å². The van der Waals surface area contributed by atoms with E-state index >= 15 is 0 Å².